The van der Waals surface area contributed by atoms with Gasteiger partial charge in [0.15, 0.2) is 0 Å². The third kappa shape index (κ3) is 5.03. The van der Waals surface area contributed by atoms with Crippen LogP contribution in [0.2, 0.25) is 0 Å². The summed E-state index contributed by atoms with van der Waals surface area (Å²) in [5.41, 5.74) is 1.15. The van der Waals surface area contributed by atoms with Gasteiger partial charge in [-0.15, -0.1) is 0 Å². The van der Waals surface area contributed by atoms with E-state index in [1.54, 1.807) is 0 Å². The van der Waals surface area contributed by atoms with Crippen molar-refractivity contribution in [2.45, 2.75) is 58.0 Å². The van der Waals surface area contributed by atoms with E-state index < -0.39 is 5.97 Å². The molecular formula is C17H23BrO3. The number of aliphatic carboxylic acids is 1. The van der Waals surface area contributed by atoms with E-state index in [-0.39, 0.29) is 0 Å². The lowest BCUT2D eigenvalue weighted by molar-refractivity contribution is -0.137. The van der Waals surface area contributed by atoms with Crippen LogP contribution in [0.5, 0.6) is 5.75 Å². The van der Waals surface area contributed by atoms with Crippen LogP contribution in [0.15, 0.2) is 22.7 Å². The molecule has 0 heterocycles. The lowest BCUT2D eigenvalue weighted by Crippen LogP contribution is -2.24. The van der Waals surface area contributed by atoms with Crippen molar-refractivity contribution < 1.29 is 14.6 Å². The number of carboxylic acid groups (broad SMARTS) is 1. The van der Waals surface area contributed by atoms with Crippen LogP contribution in [0.25, 0.3) is 0 Å². The highest BCUT2D eigenvalue weighted by molar-refractivity contribution is 9.10. The number of carboxylic acids is 1. The molecule has 0 spiro atoms. The predicted molar refractivity (Wildman–Crippen MR) is 86.7 cm³/mol. The van der Waals surface area contributed by atoms with E-state index in [9.17, 15) is 4.79 Å². The fraction of sp³-hybridized carbons (Fsp3) is 0.588. The highest BCUT2D eigenvalue weighted by atomic mass is 79.9. The summed E-state index contributed by atoms with van der Waals surface area (Å²) < 4.78 is 7.22. The Labute approximate surface area is 134 Å². The number of halogens is 1. The standard InChI is InChI=1S/C17H23BrO3/c1-12-15(18)5-3-6-16(12)21-14-10-8-13(9-11-14)4-2-7-17(19)20/h3,5-6,13-14H,2,4,7-11H2,1H3,(H,19,20)/t13-,14+. The highest BCUT2D eigenvalue weighted by Crippen LogP contribution is 2.33. The van der Waals surface area contributed by atoms with E-state index in [4.69, 9.17) is 9.84 Å². The second kappa shape index (κ2) is 7.83. The molecule has 0 amide bonds. The van der Waals surface area contributed by atoms with E-state index in [0.29, 0.717) is 18.4 Å². The van der Waals surface area contributed by atoms with Gasteiger partial charge in [-0.05, 0) is 63.5 Å². The Morgan fingerprint density at radius 1 is 1.33 bits per heavy atom. The first kappa shape index (κ1) is 16.3. The number of hydrogen-bond donors (Lipinski definition) is 1. The minimum absolute atomic E-state index is 0.299. The third-order valence-electron chi connectivity index (χ3n) is 4.31. The van der Waals surface area contributed by atoms with Crippen molar-refractivity contribution in [2.24, 2.45) is 5.92 Å². The smallest absolute Gasteiger partial charge is 0.303 e. The van der Waals surface area contributed by atoms with Crippen LogP contribution < -0.4 is 4.74 Å². The molecule has 3 nitrogen and oxygen atoms in total. The summed E-state index contributed by atoms with van der Waals surface area (Å²) >= 11 is 3.53. The Balaban J connectivity index is 1.76. The first-order chi connectivity index (χ1) is 10.1. The summed E-state index contributed by atoms with van der Waals surface area (Å²) in [7, 11) is 0. The van der Waals surface area contributed by atoms with Gasteiger partial charge in [0, 0.05) is 16.5 Å². The van der Waals surface area contributed by atoms with Gasteiger partial charge in [-0.1, -0.05) is 22.0 Å². The summed E-state index contributed by atoms with van der Waals surface area (Å²) in [6, 6.07) is 6.06. The first-order valence-electron chi connectivity index (χ1n) is 7.70. The molecule has 0 aliphatic heterocycles. The van der Waals surface area contributed by atoms with E-state index in [0.717, 1.165) is 54.3 Å². The van der Waals surface area contributed by atoms with Gasteiger partial charge in [0.1, 0.15) is 5.75 Å². The molecule has 1 aromatic rings. The fourth-order valence-electron chi connectivity index (χ4n) is 2.98. The van der Waals surface area contributed by atoms with Crippen LogP contribution in [-0.4, -0.2) is 17.2 Å². The lowest BCUT2D eigenvalue weighted by atomic mass is 9.84. The van der Waals surface area contributed by atoms with Crippen LogP contribution in [0, 0.1) is 12.8 Å². The minimum atomic E-state index is -0.683. The van der Waals surface area contributed by atoms with Gasteiger partial charge in [-0.25, -0.2) is 0 Å². The van der Waals surface area contributed by atoms with E-state index in [2.05, 4.69) is 22.9 Å². The lowest BCUT2D eigenvalue weighted by Gasteiger charge is -2.29. The van der Waals surface area contributed by atoms with Crippen LogP contribution >= 0.6 is 15.9 Å². The molecule has 0 unspecified atom stereocenters. The molecule has 1 aromatic carbocycles. The number of carbonyl (C=O) groups is 1. The normalized spacial score (nSPS) is 22.0. The molecule has 0 saturated heterocycles. The summed E-state index contributed by atoms with van der Waals surface area (Å²) in [5, 5.41) is 8.67. The van der Waals surface area contributed by atoms with Crippen molar-refractivity contribution in [1.82, 2.24) is 0 Å². The molecule has 1 fully saturated rings. The average Bonchev–Trinajstić information content (AvgIpc) is 2.45. The van der Waals surface area contributed by atoms with Gasteiger partial charge in [0.05, 0.1) is 6.10 Å². The largest absolute Gasteiger partial charge is 0.490 e. The average molecular weight is 355 g/mol. The highest BCUT2D eigenvalue weighted by Gasteiger charge is 2.22. The summed E-state index contributed by atoms with van der Waals surface area (Å²) in [6.07, 6.45) is 6.88. The van der Waals surface area contributed by atoms with Crippen LogP contribution in [0.3, 0.4) is 0 Å². The summed E-state index contributed by atoms with van der Waals surface area (Å²) in [6.45, 7) is 2.07. The van der Waals surface area contributed by atoms with Crippen molar-refractivity contribution in [3.05, 3.63) is 28.2 Å². The first-order valence-corrected chi connectivity index (χ1v) is 8.49. The quantitative estimate of drug-likeness (QED) is 0.785. The zero-order valence-corrected chi connectivity index (χ0v) is 14.1. The van der Waals surface area contributed by atoms with Gasteiger partial charge in [-0.2, -0.15) is 0 Å². The van der Waals surface area contributed by atoms with Crippen molar-refractivity contribution in [2.75, 3.05) is 0 Å². The van der Waals surface area contributed by atoms with Gasteiger partial charge in [0.25, 0.3) is 0 Å². The molecule has 0 bridgehead atoms. The van der Waals surface area contributed by atoms with Gasteiger partial charge in [0.2, 0.25) is 0 Å². The Bertz CT molecular complexity index is 479. The van der Waals surface area contributed by atoms with E-state index in [1.165, 1.54) is 0 Å². The molecule has 2 rings (SSSR count). The maximum atomic E-state index is 10.5. The fourth-order valence-corrected chi connectivity index (χ4v) is 3.32. The van der Waals surface area contributed by atoms with E-state index >= 15 is 0 Å². The number of rotatable bonds is 6. The molecule has 0 aromatic heterocycles. The van der Waals surface area contributed by atoms with Gasteiger partial charge < -0.3 is 9.84 Å². The number of hydrogen-bond acceptors (Lipinski definition) is 2. The third-order valence-corrected chi connectivity index (χ3v) is 5.17. The Hall–Kier alpha value is -1.03. The monoisotopic (exact) mass is 354 g/mol. The SMILES string of the molecule is Cc1c(Br)cccc1O[C@H]1CC[C@@H](CCCC(=O)O)CC1. The Morgan fingerprint density at radius 2 is 2.05 bits per heavy atom. The van der Waals surface area contributed by atoms with Crippen LogP contribution in [-0.2, 0) is 4.79 Å². The minimum Gasteiger partial charge on any atom is -0.490 e. The molecule has 1 aliphatic carbocycles. The van der Waals surface area contributed by atoms with Gasteiger partial charge in [-0.3, -0.25) is 4.79 Å². The number of ether oxygens (including phenoxy) is 1. The van der Waals surface area contributed by atoms with Crippen LogP contribution in [0.1, 0.15) is 50.5 Å². The molecule has 21 heavy (non-hydrogen) atoms. The molecular weight excluding hydrogens is 332 g/mol. The molecule has 116 valence electrons. The van der Waals surface area contributed by atoms with Gasteiger partial charge >= 0.3 is 5.97 Å². The predicted octanol–water partition coefficient (Wildman–Crippen LogP) is 4.95. The van der Waals surface area contributed by atoms with Crippen LogP contribution in [0.4, 0.5) is 0 Å². The maximum Gasteiger partial charge on any atom is 0.303 e. The zero-order valence-electron chi connectivity index (χ0n) is 12.5. The molecule has 1 saturated carbocycles. The van der Waals surface area contributed by atoms with Crippen molar-refractivity contribution >= 4 is 21.9 Å². The second-order valence-corrected chi connectivity index (χ2v) is 6.76. The van der Waals surface area contributed by atoms with E-state index in [1.807, 2.05) is 18.2 Å². The Morgan fingerprint density at radius 3 is 2.71 bits per heavy atom. The second-order valence-electron chi connectivity index (χ2n) is 5.91. The molecule has 0 radical (unpaired) electrons. The topological polar surface area (TPSA) is 46.5 Å². The maximum absolute atomic E-state index is 10.5. The summed E-state index contributed by atoms with van der Waals surface area (Å²) in [5.74, 6) is 0.962. The molecule has 0 atom stereocenters. The zero-order chi connectivity index (χ0) is 15.2. The Kier molecular flexibility index (Phi) is 6.09. The van der Waals surface area contributed by atoms with Crippen molar-refractivity contribution in [3.8, 4) is 5.75 Å². The molecule has 1 N–H and O–H groups in total. The van der Waals surface area contributed by atoms with Crippen molar-refractivity contribution in [1.29, 1.82) is 0 Å². The molecule has 4 heteroatoms. The molecule has 1 aliphatic rings. The summed E-state index contributed by atoms with van der Waals surface area (Å²) in [4.78, 5) is 10.5. The van der Waals surface area contributed by atoms with Crippen molar-refractivity contribution in [3.63, 3.8) is 0 Å². The number of benzene rings is 1.